The first kappa shape index (κ1) is 66.4. The summed E-state index contributed by atoms with van der Waals surface area (Å²) < 4.78 is 16.6. The highest BCUT2D eigenvalue weighted by Crippen LogP contribution is 2.18. The van der Waals surface area contributed by atoms with Crippen LogP contribution < -0.4 is 0 Å². The molecule has 0 spiro atoms. The van der Waals surface area contributed by atoms with Crippen LogP contribution in [0.1, 0.15) is 316 Å². The van der Waals surface area contributed by atoms with Gasteiger partial charge in [0.1, 0.15) is 13.2 Å². The molecule has 0 radical (unpaired) electrons. The lowest BCUT2D eigenvalue weighted by Gasteiger charge is -2.18. The van der Waals surface area contributed by atoms with Crippen LogP contribution >= 0.6 is 0 Å². The van der Waals surface area contributed by atoms with Crippen molar-refractivity contribution in [2.75, 3.05) is 13.2 Å². The SMILES string of the molecule is CC/C=C\C/C=C\C/C=C\C/C=C\CCC(=O)OC(COC(=O)CCCCCCC)COC(=O)CCCCCCCCCCCCCCCCCCCCCCCCCCCCCCCCCCC. The first-order valence-electron chi connectivity index (χ1n) is 30.1. The largest absolute Gasteiger partial charge is 0.462 e. The van der Waals surface area contributed by atoms with Gasteiger partial charge in [-0.25, -0.2) is 0 Å². The van der Waals surface area contributed by atoms with E-state index in [1.54, 1.807) is 0 Å². The molecule has 0 N–H and O–H groups in total. The fourth-order valence-electron chi connectivity index (χ4n) is 8.87. The lowest BCUT2D eigenvalue weighted by atomic mass is 10.0. The van der Waals surface area contributed by atoms with Gasteiger partial charge in [0.15, 0.2) is 6.10 Å². The number of allylic oxidation sites excluding steroid dienone is 8. The topological polar surface area (TPSA) is 78.9 Å². The average molecular weight is 968 g/mol. The van der Waals surface area contributed by atoms with E-state index < -0.39 is 6.10 Å². The molecule has 6 heteroatoms. The molecule has 0 aromatic heterocycles. The second-order valence-corrected chi connectivity index (χ2v) is 20.2. The highest BCUT2D eigenvalue weighted by Gasteiger charge is 2.19. The van der Waals surface area contributed by atoms with Crippen molar-refractivity contribution >= 4 is 17.9 Å². The van der Waals surface area contributed by atoms with Crippen molar-refractivity contribution in [3.8, 4) is 0 Å². The molecule has 0 bridgehead atoms. The molecule has 0 rings (SSSR count). The monoisotopic (exact) mass is 967 g/mol. The maximum atomic E-state index is 12.7. The molecule has 1 unspecified atom stereocenters. The van der Waals surface area contributed by atoms with Crippen LogP contribution in [0, 0.1) is 0 Å². The molecule has 0 aromatic carbocycles. The summed E-state index contributed by atoms with van der Waals surface area (Å²) in [5.41, 5.74) is 0. The van der Waals surface area contributed by atoms with Gasteiger partial charge in [0.25, 0.3) is 0 Å². The number of rotatable bonds is 55. The zero-order valence-corrected chi connectivity index (χ0v) is 46.1. The summed E-state index contributed by atoms with van der Waals surface area (Å²) in [6.45, 7) is 6.40. The zero-order valence-electron chi connectivity index (χ0n) is 46.1. The second kappa shape index (κ2) is 57.9. The van der Waals surface area contributed by atoms with Crippen LogP contribution in [0.5, 0.6) is 0 Å². The van der Waals surface area contributed by atoms with E-state index in [0.717, 1.165) is 70.6 Å². The van der Waals surface area contributed by atoms with E-state index in [4.69, 9.17) is 14.2 Å². The first-order chi connectivity index (χ1) is 34.0. The van der Waals surface area contributed by atoms with E-state index in [1.807, 2.05) is 12.2 Å². The van der Waals surface area contributed by atoms with Crippen LogP contribution in [0.2, 0.25) is 0 Å². The molecule has 6 nitrogen and oxygen atoms in total. The summed E-state index contributed by atoms with van der Waals surface area (Å²) >= 11 is 0. The van der Waals surface area contributed by atoms with Crippen molar-refractivity contribution in [1.29, 1.82) is 0 Å². The summed E-state index contributed by atoms with van der Waals surface area (Å²) in [7, 11) is 0. The third kappa shape index (κ3) is 56.2. The molecule has 0 aromatic rings. The van der Waals surface area contributed by atoms with Crippen LogP contribution in [-0.4, -0.2) is 37.2 Å². The number of hydrogen-bond donors (Lipinski definition) is 0. The number of carbonyl (C=O) groups excluding carboxylic acids is 3. The van der Waals surface area contributed by atoms with E-state index in [9.17, 15) is 14.4 Å². The normalized spacial score (nSPS) is 12.3. The van der Waals surface area contributed by atoms with E-state index in [1.165, 1.54) is 199 Å². The molecule has 402 valence electrons. The van der Waals surface area contributed by atoms with Gasteiger partial charge >= 0.3 is 17.9 Å². The van der Waals surface area contributed by atoms with Crippen molar-refractivity contribution in [3.05, 3.63) is 48.6 Å². The fourth-order valence-corrected chi connectivity index (χ4v) is 8.87. The maximum Gasteiger partial charge on any atom is 0.306 e. The molecule has 0 aliphatic rings. The molecular weight excluding hydrogens is 853 g/mol. The average Bonchev–Trinajstić information content (AvgIpc) is 3.35. The van der Waals surface area contributed by atoms with Crippen molar-refractivity contribution < 1.29 is 28.6 Å². The Kier molecular flexibility index (Phi) is 55.7. The van der Waals surface area contributed by atoms with Crippen LogP contribution in [0.3, 0.4) is 0 Å². The summed E-state index contributed by atoms with van der Waals surface area (Å²) in [4.78, 5) is 37.6. The van der Waals surface area contributed by atoms with Gasteiger partial charge in [-0.3, -0.25) is 14.4 Å². The molecular formula is C63H114O6. The van der Waals surface area contributed by atoms with Crippen LogP contribution in [0.4, 0.5) is 0 Å². The summed E-state index contributed by atoms with van der Waals surface area (Å²) in [5.74, 6) is -0.986. The number of hydrogen-bond acceptors (Lipinski definition) is 6. The molecule has 0 amide bonds. The molecule has 0 saturated carbocycles. The lowest BCUT2D eigenvalue weighted by molar-refractivity contribution is -0.166. The smallest absolute Gasteiger partial charge is 0.306 e. The molecule has 69 heavy (non-hydrogen) atoms. The van der Waals surface area contributed by atoms with Gasteiger partial charge in [0.2, 0.25) is 0 Å². The van der Waals surface area contributed by atoms with Gasteiger partial charge in [-0.05, 0) is 44.9 Å². The van der Waals surface area contributed by atoms with Gasteiger partial charge in [-0.2, -0.15) is 0 Å². The van der Waals surface area contributed by atoms with Crippen molar-refractivity contribution in [2.45, 2.75) is 322 Å². The van der Waals surface area contributed by atoms with E-state index >= 15 is 0 Å². The fraction of sp³-hybridized carbons (Fsp3) is 0.825. The second-order valence-electron chi connectivity index (χ2n) is 20.2. The van der Waals surface area contributed by atoms with Crippen LogP contribution in [0.25, 0.3) is 0 Å². The lowest BCUT2D eigenvalue weighted by Crippen LogP contribution is -2.30. The van der Waals surface area contributed by atoms with Gasteiger partial charge < -0.3 is 14.2 Å². The van der Waals surface area contributed by atoms with Gasteiger partial charge in [0.05, 0.1) is 0 Å². The predicted molar refractivity (Wildman–Crippen MR) is 298 cm³/mol. The maximum absolute atomic E-state index is 12.7. The van der Waals surface area contributed by atoms with Crippen LogP contribution in [0.15, 0.2) is 48.6 Å². The molecule has 0 aliphatic heterocycles. The highest BCUT2D eigenvalue weighted by atomic mass is 16.6. The minimum atomic E-state index is -0.805. The summed E-state index contributed by atoms with van der Waals surface area (Å²) in [6, 6.07) is 0. The van der Waals surface area contributed by atoms with Gasteiger partial charge in [0, 0.05) is 19.3 Å². The first-order valence-corrected chi connectivity index (χ1v) is 30.1. The Balaban J connectivity index is 3.88. The van der Waals surface area contributed by atoms with E-state index in [2.05, 4.69) is 57.2 Å². The molecule has 0 saturated heterocycles. The number of ether oxygens (including phenoxy) is 3. The molecule has 0 heterocycles. The third-order valence-corrected chi connectivity index (χ3v) is 13.4. The van der Waals surface area contributed by atoms with Gasteiger partial charge in [-0.1, -0.05) is 301 Å². The Hall–Kier alpha value is -2.63. The number of unbranched alkanes of at least 4 members (excludes halogenated alkanes) is 36. The summed E-state index contributed by atoms with van der Waals surface area (Å²) in [6.07, 6.45) is 72.2. The van der Waals surface area contributed by atoms with Crippen molar-refractivity contribution in [2.24, 2.45) is 0 Å². The Bertz CT molecular complexity index is 1200. The Morgan fingerprint density at radius 2 is 0.565 bits per heavy atom. The third-order valence-electron chi connectivity index (χ3n) is 13.4. The highest BCUT2D eigenvalue weighted by molar-refractivity contribution is 5.71. The van der Waals surface area contributed by atoms with E-state index in [-0.39, 0.29) is 37.5 Å². The zero-order chi connectivity index (χ0) is 50.0. The Labute approximate surface area is 428 Å². The van der Waals surface area contributed by atoms with Crippen molar-refractivity contribution in [3.63, 3.8) is 0 Å². The molecule has 0 fully saturated rings. The number of carbonyl (C=O) groups is 3. The predicted octanol–water partition coefficient (Wildman–Crippen LogP) is 20.2. The van der Waals surface area contributed by atoms with Gasteiger partial charge in [-0.15, -0.1) is 0 Å². The molecule has 1 atom stereocenters. The minimum Gasteiger partial charge on any atom is -0.462 e. The summed E-state index contributed by atoms with van der Waals surface area (Å²) in [5, 5.41) is 0. The molecule has 0 aliphatic carbocycles. The minimum absolute atomic E-state index is 0.0992. The number of esters is 3. The quantitative estimate of drug-likeness (QED) is 0.0262. The van der Waals surface area contributed by atoms with E-state index in [0.29, 0.717) is 19.3 Å². The van der Waals surface area contributed by atoms with Crippen LogP contribution in [-0.2, 0) is 28.6 Å². The van der Waals surface area contributed by atoms with Crippen molar-refractivity contribution in [1.82, 2.24) is 0 Å². The standard InChI is InChI=1S/C63H114O6/c1-4-7-10-13-15-17-19-21-22-23-24-25-26-27-28-29-30-31-32-33-34-35-36-37-38-39-40-42-43-45-47-50-53-56-62(65)68-59-60(58-67-61(64)55-52-49-12-9-6-3)69-63(66)57-54-51-48-46-44-41-20-18-16-14-11-8-5-2/h8,11,16,18,41,44,48,51,60H,4-7,9-10,12-15,17,19-40,42-43,45-47,49-50,52-59H2,1-3H3/b11-8-,18-16-,44-41-,51-48-. The Morgan fingerprint density at radius 3 is 0.855 bits per heavy atom. The Morgan fingerprint density at radius 1 is 0.304 bits per heavy atom.